The first kappa shape index (κ1) is 31.1. The Morgan fingerprint density at radius 2 is 1.31 bits per heavy atom. The molecule has 0 fully saturated rings. The summed E-state index contributed by atoms with van der Waals surface area (Å²) in [6.45, 7) is 4.56. The molecule has 0 N–H and O–H groups in total. The SMILES string of the molecule is CCCCC[C](=[Zr+2])CCCCC.[C-]1=CC=CC1.[Cl-].[Cl-].c1ccc2c(c1)[cH-]c1ccccc12. The number of benzene rings is 2. The first-order chi connectivity index (χ1) is 14.8. The van der Waals surface area contributed by atoms with E-state index < -0.39 is 0 Å². The molecule has 0 aromatic heterocycles. The second-order valence-corrected chi connectivity index (χ2v) is 9.58. The van der Waals surface area contributed by atoms with E-state index in [1.54, 1.807) is 24.2 Å². The van der Waals surface area contributed by atoms with Gasteiger partial charge in [-0.25, -0.2) is 12.2 Å². The summed E-state index contributed by atoms with van der Waals surface area (Å²) >= 11 is 1.69. The standard InChI is InChI=1S/C13H9.C11H22.C5H5.2ClH.Zr/c1-3-7-12-10(5-1)9-11-6-2-4-8-13(11)12;1-3-5-7-9-11-10-8-6-4-2;1-2-4-5-3-1;;;/h1-9H;3-10H2,1-2H3;1-3H,4H2;2*1H;/q-1;;-1;;;+2/p-2. The molecule has 0 nitrogen and oxygen atoms in total. The molecule has 1 aliphatic carbocycles. The van der Waals surface area contributed by atoms with Gasteiger partial charge in [0.05, 0.1) is 0 Å². The number of unbranched alkanes of at least 4 members (excludes halogenated alkanes) is 4. The van der Waals surface area contributed by atoms with Crippen LogP contribution in [0.25, 0.3) is 21.5 Å². The number of hydrogen-bond acceptors (Lipinski definition) is 0. The molecule has 4 rings (SSSR count). The number of allylic oxidation sites excluding steroid dienone is 4. The molecule has 0 saturated heterocycles. The van der Waals surface area contributed by atoms with Crippen LogP contribution in [0.3, 0.4) is 0 Å². The predicted molar refractivity (Wildman–Crippen MR) is 132 cm³/mol. The van der Waals surface area contributed by atoms with Gasteiger partial charge in [0.1, 0.15) is 0 Å². The smallest absolute Gasteiger partial charge is 0.0771 e. The quantitative estimate of drug-likeness (QED) is 0.301. The van der Waals surface area contributed by atoms with Crippen LogP contribution < -0.4 is 24.8 Å². The molecular weight excluding hydrogens is 510 g/mol. The second kappa shape index (κ2) is 19.6. The van der Waals surface area contributed by atoms with Gasteiger partial charge in [-0.3, -0.25) is 6.08 Å². The van der Waals surface area contributed by atoms with Crippen molar-refractivity contribution in [3.8, 4) is 0 Å². The van der Waals surface area contributed by atoms with Gasteiger partial charge in [0, 0.05) is 0 Å². The van der Waals surface area contributed by atoms with Gasteiger partial charge in [0.15, 0.2) is 0 Å². The third-order valence-electron chi connectivity index (χ3n) is 5.27. The molecule has 0 spiro atoms. The molecule has 3 heteroatoms. The fourth-order valence-corrected chi connectivity index (χ4v) is 4.41. The van der Waals surface area contributed by atoms with Crippen LogP contribution in [0, 0.1) is 6.08 Å². The van der Waals surface area contributed by atoms with Crippen molar-refractivity contribution in [3.05, 3.63) is 78.9 Å². The number of fused-ring (bicyclic) bond motifs is 3. The number of hydrogen-bond donors (Lipinski definition) is 0. The third-order valence-corrected chi connectivity index (χ3v) is 6.50. The van der Waals surface area contributed by atoms with Crippen molar-refractivity contribution in [1.82, 2.24) is 0 Å². The van der Waals surface area contributed by atoms with Crippen LogP contribution >= 0.6 is 0 Å². The van der Waals surface area contributed by atoms with Gasteiger partial charge >= 0.3 is 92.7 Å². The third kappa shape index (κ3) is 11.8. The summed E-state index contributed by atoms with van der Waals surface area (Å²) in [5.74, 6) is 0. The average Bonchev–Trinajstić information content (AvgIpc) is 3.46. The van der Waals surface area contributed by atoms with Gasteiger partial charge < -0.3 is 24.8 Å². The first-order valence-electron chi connectivity index (χ1n) is 11.6. The van der Waals surface area contributed by atoms with Crippen molar-refractivity contribution in [2.75, 3.05) is 0 Å². The van der Waals surface area contributed by atoms with E-state index >= 15 is 0 Å². The van der Waals surface area contributed by atoms with Crippen LogP contribution in [0.15, 0.2) is 72.8 Å². The zero-order valence-electron chi connectivity index (χ0n) is 19.5. The largest absolute Gasteiger partial charge is 1.00 e. The van der Waals surface area contributed by atoms with Crippen LogP contribution in [0.5, 0.6) is 0 Å². The Labute approximate surface area is 223 Å². The zero-order valence-corrected chi connectivity index (χ0v) is 23.5. The van der Waals surface area contributed by atoms with E-state index in [4.69, 9.17) is 0 Å². The van der Waals surface area contributed by atoms with E-state index in [-0.39, 0.29) is 24.8 Å². The van der Waals surface area contributed by atoms with Crippen LogP contribution in [-0.4, -0.2) is 3.21 Å². The molecule has 0 amide bonds. The van der Waals surface area contributed by atoms with Gasteiger partial charge in [0.2, 0.25) is 0 Å². The fourth-order valence-electron chi connectivity index (χ4n) is 3.55. The maximum atomic E-state index is 2.99. The molecule has 0 aliphatic heterocycles. The summed E-state index contributed by atoms with van der Waals surface area (Å²) in [4.78, 5) is 0. The van der Waals surface area contributed by atoms with E-state index in [9.17, 15) is 0 Å². The molecule has 172 valence electrons. The second-order valence-electron chi connectivity index (χ2n) is 7.84. The summed E-state index contributed by atoms with van der Waals surface area (Å²) in [5.41, 5.74) is 0. The normalized spacial score (nSPS) is 11.1. The van der Waals surface area contributed by atoms with Gasteiger partial charge in [0.25, 0.3) is 0 Å². The molecule has 1 aliphatic rings. The molecule has 3 aromatic carbocycles. The minimum absolute atomic E-state index is 0. The molecule has 0 unspecified atom stereocenters. The first-order valence-corrected chi connectivity index (χ1v) is 12.8. The Kier molecular flexibility index (Phi) is 19.0. The minimum atomic E-state index is 0. The Morgan fingerprint density at radius 1 is 0.812 bits per heavy atom. The van der Waals surface area contributed by atoms with E-state index in [0.717, 1.165) is 6.42 Å². The van der Waals surface area contributed by atoms with E-state index in [1.807, 2.05) is 15.4 Å². The summed E-state index contributed by atoms with van der Waals surface area (Å²) in [5, 5.41) is 5.39. The molecule has 3 aromatic rings. The molecule has 32 heavy (non-hydrogen) atoms. The molecule has 0 bridgehead atoms. The molecule has 0 atom stereocenters. The van der Waals surface area contributed by atoms with Crippen LogP contribution in [0.4, 0.5) is 0 Å². The van der Waals surface area contributed by atoms with Crippen molar-refractivity contribution in [1.29, 1.82) is 0 Å². The summed E-state index contributed by atoms with van der Waals surface area (Å²) in [7, 11) is 0. The Balaban J connectivity index is 0.000000473. The van der Waals surface area contributed by atoms with Gasteiger partial charge in [-0.15, -0.1) is 46.2 Å². The maximum absolute atomic E-state index is 2.99. The summed E-state index contributed by atoms with van der Waals surface area (Å²) in [6, 6.07) is 19.3. The van der Waals surface area contributed by atoms with Crippen molar-refractivity contribution in [2.24, 2.45) is 0 Å². The Hall–Kier alpha value is -0.877. The fraction of sp³-hybridized carbons (Fsp3) is 0.379. The van der Waals surface area contributed by atoms with Gasteiger partial charge in [-0.1, -0.05) is 36.4 Å². The van der Waals surface area contributed by atoms with Crippen molar-refractivity contribution in [2.45, 2.75) is 71.6 Å². The van der Waals surface area contributed by atoms with Crippen molar-refractivity contribution in [3.63, 3.8) is 0 Å². The van der Waals surface area contributed by atoms with Gasteiger partial charge in [-0.05, 0) is 0 Å². The maximum Gasteiger partial charge on any atom is -0.0771 e. The van der Waals surface area contributed by atoms with Crippen LogP contribution in [0.2, 0.25) is 0 Å². The van der Waals surface area contributed by atoms with Crippen molar-refractivity contribution >= 4 is 24.8 Å². The average molecular weight is 547 g/mol. The number of rotatable bonds is 8. The van der Waals surface area contributed by atoms with E-state index in [1.165, 1.54) is 72.9 Å². The van der Waals surface area contributed by atoms with Crippen molar-refractivity contribution < 1.29 is 49.0 Å². The van der Waals surface area contributed by atoms with Crippen LogP contribution in [0.1, 0.15) is 71.6 Å². The summed E-state index contributed by atoms with van der Waals surface area (Å²) in [6.07, 6.45) is 21.3. The molecule has 0 heterocycles. The predicted octanol–water partition coefficient (Wildman–Crippen LogP) is 2.89. The minimum Gasteiger partial charge on any atom is -1.00 e. The van der Waals surface area contributed by atoms with Crippen LogP contribution in [-0.2, 0) is 24.2 Å². The van der Waals surface area contributed by atoms with Gasteiger partial charge in [-0.2, -0.15) is 6.08 Å². The zero-order chi connectivity index (χ0) is 21.4. The molecule has 0 radical (unpaired) electrons. The molecule has 0 saturated carbocycles. The summed E-state index contributed by atoms with van der Waals surface area (Å²) < 4.78 is 1.81. The topological polar surface area (TPSA) is 0 Å². The Morgan fingerprint density at radius 3 is 1.69 bits per heavy atom. The number of halogens is 2. The van der Waals surface area contributed by atoms with E-state index in [2.05, 4.69) is 80.6 Å². The Bertz CT molecular complexity index is 864. The monoisotopic (exact) mass is 544 g/mol. The van der Waals surface area contributed by atoms with E-state index in [0.29, 0.717) is 0 Å². The molecular formula is C29H36Cl2Zr-2.